The summed E-state index contributed by atoms with van der Waals surface area (Å²) >= 11 is 1.73. The van der Waals surface area contributed by atoms with Crippen molar-refractivity contribution in [2.75, 3.05) is 20.6 Å². The van der Waals surface area contributed by atoms with Gasteiger partial charge >= 0.3 is 0 Å². The SMILES string of the molecule is CN(C)CCc1cc(CO)cs1. The lowest BCUT2D eigenvalue weighted by atomic mass is 10.3. The largest absolute Gasteiger partial charge is 0.392 e. The van der Waals surface area contributed by atoms with Crippen molar-refractivity contribution in [2.45, 2.75) is 13.0 Å². The Morgan fingerprint density at radius 3 is 2.75 bits per heavy atom. The van der Waals surface area contributed by atoms with Crippen LogP contribution >= 0.6 is 11.3 Å². The van der Waals surface area contributed by atoms with E-state index < -0.39 is 0 Å². The molecule has 1 rings (SSSR count). The van der Waals surface area contributed by atoms with Crippen LogP contribution in [0.3, 0.4) is 0 Å². The van der Waals surface area contributed by atoms with E-state index in [9.17, 15) is 0 Å². The molecular weight excluding hydrogens is 170 g/mol. The molecule has 0 unspecified atom stereocenters. The Morgan fingerprint density at radius 2 is 2.25 bits per heavy atom. The Hall–Kier alpha value is -0.380. The molecule has 1 heterocycles. The van der Waals surface area contributed by atoms with Crippen LogP contribution in [0.1, 0.15) is 10.4 Å². The third kappa shape index (κ3) is 2.93. The van der Waals surface area contributed by atoms with Crippen LogP contribution in [0.5, 0.6) is 0 Å². The van der Waals surface area contributed by atoms with Crippen molar-refractivity contribution in [1.29, 1.82) is 0 Å². The molecule has 0 bridgehead atoms. The first kappa shape index (κ1) is 9.71. The number of rotatable bonds is 4. The Labute approximate surface area is 77.5 Å². The van der Waals surface area contributed by atoms with E-state index in [0.29, 0.717) is 0 Å². The molecule has 68 valence electrons. The van der Waals surface area contributed by atoms with E-state index >= 15 is 0 Å². The molecule has 0 aliphatic heterocycles. The Balaban J connectivity index is 2.41. The molecule has 0 saturated heterocycles. The molecule has 1 aromatic rings. The van der Waals surface area contributed by atoms with Crippen molar-refractivity contribution >= 4 is 11.3 Å². The highest BCUT2D eigenvalue weighted by Crippen LogP contribution is 2.15. The van der Waals surface area contributed by atoms with E-state index in [1.165, 1.54) is 4.88 Å². The lowest BCUT2D eigenvalue weighted by molar-refractivity contribution is 0.282. The molecule has 12 heavy (non-hydrogen) atoms. The van der Waals surface area contributed by atoms with E-state index in [0.717, 1.165) is 18.5 Å². The van der Waals surface area contributed by atoms with Gasteiger partial charge in [-0.3, -0.25) is 0 Å². The zero-order chi connectivity index (χ0) is 8.97. The highest BCUT2D eigenvalue weighted by Gasteiger charge is 1.99. The van der Waals surface area contributed by atoms with E-state index in [-0.39, 0.29) is 6.61 Å². The quantitative estimate of drug-likeness (QED) is 0.765. The summed E-state index contributed by atoms with van der Waals surface area (Å²) in [6.45, 7) is 1.24. The minimum atomic E-state index is 0.165. The average Bonchev–Trinajstić information content (AvgIpc) is 2.48. The summed E-state index contributed by atoms with van der Waals surface area (Å²) in [5.74, 6) is 0. The molecule has 0 radical (unpaired) electrons. The maximum absolute atomic E-state index is 8.82. The third-order valence-corrected chi connectivity index (χ3v) is 2.74. The van der Waals surface area contributed by atoms with Crippen LogP contribution in [0, 0.1) is 0 Å². The predicted octanol–water partition coefficient (Wildman–Crippen LogP) is 1.34. The van der Waals surface area contributed by atoms with E-state index in [1.54, 1.807) is 11.3 Å². The smallest absolute Gasteiger partial charge is 0.0690 e. The average molecular weight is 185 g/mol. The molecule has 2 nitrogen and oxygen atoms in total. The first-order valence-electron chi connectivity index (χ1n) is 4.04. The summed E-state index contributed by atoms with van der Waals surface area (Å²) < 4.78 is 0. The lowest BCUT2D eigenvalue weighted by Crippen LogP contribution is -2.14. The van der Waals surface area contributed by atoms with Gasteiger partial charge in [0.2, 0.25) is 0 Å². The van der Waals surface area contributed by atoms with Gasteiger partial charge in [-0.1, -0.05) is 0 Å². The highest BCUT2D eigenvalue weighted by molar-refractivity contribution is 7.10. The van der Waals surface area contributed by atoms with Gasteiger partial charge < -0.3 is 10.0 Å². The van der Waals surface area contributed by atoms with Crippen molar-refractivity contribution in [3.05, 3.63) is 21.9 Å². The predicted molar refractivity (Wildman–Crippen MR) is 52.5 cm³/mol. The topological polar surface area (TPSA) is 23.5 Å². The molecule has 3 heteroatoms. The maximum atomic E-state index is 8.82. The van der Waals surface area contributed by atoms with Crippen LogP contribution in [0.15, 0.2) is 11.4 Å². The van der Waals surface area contributed by atoms with Gasteiger partial charge in [-0.25, -0.2) is 0 Å². The van der Waals surface area contributed by atoms with E-state index in [4.69, 9.17) is 5.11 Å². The molecule has 0 aromatic carbocycles. The monoisotopic (exact) mass is 185 g/mol. The standard InChI is InChI=1S/C9H15NOS/c1-10(2)4-3-9-5-8(6-11)7-12-9/h5,7,11H,3-4,6H2,1-2H3. The Bertz CT molecular complexity index is 232. The summed E-state index contributed by atoms with van der Waals surface area (Å²) in [7, 11) is 4.14. The summed E-state index contributed by atoms with van der Waals surface area (Å²) in [4.78, 5) is 3.52. The molecule has 0 spiro atoms. The number of hydrogen-bond donors (Lipinski definition) is 1. The molecule has 0 atom stereocenters. The Morgan fingerprint density at radius 1 is 1.50 bits per heavy atom. The van der Waals surface area contributed by atoms with Crippen LogP contribution in [0.25, 0.3) is 0 Å². The van der Waals surface area contributed by atoms with Gasteiger partial charge in [-0.2, -0.15) is 0 Å². The van der Waals surface area contributed by atoms with Crippen molar-refractivity contribution in [3.8, 4) is 0 Å². The van der Waals surface area contributed by atoms with Gasteiger partial charge in [0.1, 0.15) is 0 Å². The van der Waals surface area contributed by atoms with Gasteiger partial charge in [-0.15, -0.1) is 11.3 Å². The molecule has 1 N–H and O–H groups in total. The fraction of sp³-hybridized carbons (Fsp3) is 0.556. The van der Waals surface area contributed by atoms with Crippen LogP contribution in [0.4, 0.5) is 0 Å². The molecule has 0 aliphatic rings. The van der Waals surface area contributed by atoms with E-state index in [1.807, 2.05) is 5.38 Å². The number of aliphatic hydroxyl groups excluding tert-OH is 1. The van der Waals surface area contributed by atoms with E-state index in [2.05, 4.69) is 25.1 Å². The van der Waals surface area contributed by atoms with Crippen molar-refractivity contribution < 1.29 is 5.11 Å². The van der Waals surface area contributed by atoms with Gasteiger partial charge in [0, 0.05) is 11.4 Å². The number of thiophene rings is 1. The molecule has 0 aliphatic carbocycles. The second kappa shape index (κ2) is 4.60. The van der Waals surface area contributed by atoms with Crippen molar-refractivity contribution in [2.24, 2.45) is 0 Å². The third-order valence-electron chi connectivity index (χ3n) is 1.70. The van der Waals surface area contributed by atoms with Crippen LogP contribution in [-0.4, -0.2) is 30.6 Å². The zero-order valence-electron chi connectivity index (χ0n) is 7.58. The molecule has 0 amide bonds. The fourth-order valence-electron chi connectivity index (χ4n) is 0.974. The molecule has 1 aromatic heterocycles. The normalized spacial score (nSPS) is 11.0. The van der Waals surface area contributed by atoms with Crippen LogP contribution < -0.4 is 0 Å². The minimum Gasteiger partial charge on any atom is -0.392 e. The summed E-state index contributed by atoms with van der Waals surface area (Å²) in [6, 6.07) is 2.08. The Kier molecular flexibility index (Phi) is 3.72. The van der Waals surface area contributed by atoms with Crippen molar-refractivity contribution in [1.82, 2.24) is 4.90 Å². The fourth-order valence-corrected chi connectivity index (χ4v) is 1.85. The summed E-state index contributed by atoms with van der Waals surface area (Å²) in [5, 5.41) is 10.8. The molecule has 0 saturated carbocycles. The number of nitrogens with zero attached hydrogens (tertiary/aromatic N) is 1. The van der Waals surface area contributed by atoms with Gasteiger partial charge in [-0.05, 0) is 37.5 Å². The molecular formula is C9H15NOS. The zero-order valence-corrected chi connectivity index (χ0v) is 8.40. The number of aliphatic hydroxyl groups is 1. The van der Waals surface area contributed by atoms with Gasteiger partial charge in [0.25, 0.3) is 0 Å². The summed E-state index contributed by atoms with van der Waals surface area (Å²) in [5.41, 5.74) is 1.04. The van der Waals surface area contributed by atoms with Gasteiger partial charge in [0.05, 0.1) is 6.61 Å². The maximum Gasteiger partial charge on any atom is 0.0690 e. The van der Waals surface area contributed by atoms with Crippen molar-refractivity contribution in [3.63, 3.8) is 0 Å². The van der Waals surface area contributed by atoms with Gasteiger partial charge in [0.15, 0.2) is 0 Å². The van der Waals surface area contributed by atoms with Crippen LogP contribution in [0.2, 0.25) is 0 Å². The molecule has 0 fully saturated rings. The number of hydrogen-bond acceptors (Lipinski definition) is 3. The first-order valence-corrected chi connectivity index (χ1v) is 4.92. The lowest BCUT2D eigenvalue weighted by Gasteiger charge is -2.06. The highest BCUT2D eigenvalue weighted by atomic mass is 32.1. The second-order valence-electron chi connectivity index (χ2n) is 3.13. The van der Waals surface area contributed by atoms with Crippen LogP contribution in [-0.2, 0) is 13.0 Å². The first-order chi connectivity index (χ1) is 5.72. The second-order valence-corrected chi connectivity index (χ2v) is 4.13. The number of likely N-dealkylation sites (N-methyl/N-ethyl adjacent to an activating group) is 1. The minimum absolute atomic E-state index is 0.165. The summed E-state index contributed by atoms with van der Waals surface area (Å²) in [6.07, 6.45) is 1.08.